The topological polar surface area (TPSA) is 29.9 Å². The Morgan fingerprint density at radius 3 is 2.85 bits per heavy atom. The highest BCUT2D eigenvalue weighted by atomic mass is 127. The fraction of sp³-hybridized carbons (Fsp3) is 0.438. The number of aryl methyl sites for hydroxylation is 3. The Morgan fingerprint density at radius 2 is 2.20 bits per heavy atom. The van der Waals surface area contributed by atoms with Crippen LogP contribution in [0.3, 0.4) is 0 Å². The molecule has 0 aliphatic carbocycles. The molecule has 1 atom stereocenters. The maximum absolute atomic E-state index is 4.24. The van der Waals surface area contributed by atoms with Crippen molar-refractivity contribution in [1.82, 2.24) is 15.1 Å². The van der Waals surface area contributed by atoms with Crippen molar-refractivity contribution in [3.05, 3.63) is 50.9 Å². The molecule has 2 rings (SSSR count). The summed E-state index contributed by atoms with van der Waals surface area (Å²) in [6.07, 6.45) is 6.21. The Bertz CT molecular complexity index is 563. The summed E-state index contributed by atoms with van der Waals surface area (Å²) in [6.45, 7) is 5.33. The van der Waals surface area contributed by atoms with Gasteiger partial charge in [-0.3, -0.25) is 4.68 Å². The molecule has 0 radical (unpaired) electrons. The summed E-state index contributed by atoms with van der Waals surface area (Å²) in [5, 5.41) is 7.85. The third kappa shape index (κ3) is 3.82. The van der Waals surface area contributed by atoms with Gasteiger partial charge in [0.15, 0.2) is 0 Å². The van der Waals surface area contributed by atoms with E-state index in [4.69, 9.17) is 0 Å². The predicted octanol–water partition coefficient (Wildman–Crippen LogP) is 3.62. The summed E-state index contributed by atoms with van der Waals surface area (Å²) in [6, 6.07) is 6.98. The molecule has 0 aliphatic rings. The van der Waals surface area contributed by atoms with Gasteiger partial charge < -0.3 is 5.32 Å². The lowest BCUT2D eigenvalue weighted by Crippen LogP contribution is -2.22. The number of benzene rings is 1. The van der Waals surface area contributed by atoms with Crippen molar-refractivity contribution in [3.63, 3.8) is 0 Å². The normalized spacial score (nSPS) is 12.6. The standard InChI is InChI=1S/C16H22IN3/c1-4-18-15(9-8-13-10-19-20(3)11-13)14-7-5-6-12(2)16(14)17/h5-7,10-11,15,18H,4,8-9H2,1-3H3. The number of nitrogens with one attached hydrogen (secondary N) is 1. The van der Waals surface area contributed by atoms with Gasteiger partial charge in [0.1, 0.15) is 0 Å². The fourth-order valence-electron chi connectivity index (χ4n) is 2.47. The van der Waals surface area contributed by atoms with Crippen molar-refractivity contribution in [2.45, 2.75) is 32.7 Å². The maximum Gasteiger partial charge on any atom is 0.0521 e. The molecule has 0 saturated carbocycles. The van der Waals surface area contributed by atoms with Gasteiger partial charge in [-0.1, -0.05) is 25.1 Å². The minimum Gasteiger partial charge on any atom is -0.310 e. The van der Waals surface area contributed by atoms with E-state index in [0.29, 0.717) is 6.04 Å². The first-order valence-electron chi connectivity index (χ1n) is 7.07. The van der Waals surface area contributed by atoms with Gasteiger partial charge in [0.2, 0.25) is 0 Å². The molecule has 0 aliphatic heterocycles. The zero-order valence-corrected chi connectivity index (χ0v) is 14.5. The van der Waals surface area contributed by atoms with E-state index in [2.05, 4.69) is 71.2 Å². The van der Waals surface area contributed by atoms with Crippen LogP contribution < -0.4 is 5.32 Å². The Hall–Kier alpha value is -0.880. The summed E-state index contributed by atoms with van der Waals surface area (Å²) in [5.41, 5.74) is 4.07. The minimum atomic E-state index is 0.409. The first-order valence-corrected chi connectivity index (χ1v) is 8.15. The Labute approximate surface area is 134 Å². The number of nitrogens with zero attached hydrogens (tertiary/aromatic N) is 2. The van der Waals surface area contributed by atoms with Gasteiger partial charge in [-0.2, -0.15) is 5.10 Å². The Morgan fingerprint density at radius 1 is 1.40 bits per heavy atom. The molecule has 1 unspecified atom stereocenters. The molecule has 1 aromatic heterocycles. The molecule has 1 aromatic carbocycles. The van der Waals surface area contributed by atoms with Crippen molar-refractivity contribution in [1.29, 1.82) is 0 Å². The van der Waals surface area contributed by atoms with Crippen molar-refractivity contribution < 1.29 is 0 Å². The van der Waals surface area contributed by atoms with Crippen molar-refractivity contribution in [2.24, 2.45) is 7.05 Å². The molecule has 1 heterocycles. The molecule has 0 spiro atoms. The second-order valence-corrected chi connectivity index (χ2v) is 6.23. The predicted molar refractivity (Wildman–Crippen MR) is 91.8 cm³/mol. The third-order valence-electron chi connectivity index (χ3n) is 3.53. The smallest absolute Gasteiger partial charge is 0.0521 e. The monoisotopic (exact) mass is 383 g/mol. The molecule has 2 aromatic rings. The molecular weight excluding hydrogens is 361 g/mol. The first kappa shape index (κ1) is 15.5. The third-order valence-corrected chi connectivity index (χ3v) is 5.00. The molecule has 0 amide bonds. The highest BCUT2D eigenvalue weighted by molar-refractivity contribution is 14.1. The van der Waals surface area contributed by atoms with Crippen molar-refractivity contribution in [3.8, 4) is 0 Å². The summed E-state index contributed by atoms with van der Waals surface area (Å²) < 4.78 is 3.25. The van der Waals surface area contributed by atoms with Crippen LogP contribution in [0, 0.1) is 10.5 Å². The summed E-state index contributed by atoms with van der Waals surface area (Å²) in [7, 11) is 1.97. The Kier molecular flexibility index (Phi) is 5.60. The van der Waals surface area contributed by atoms with E-state index in [1.165, 1.54) is 20.3 Å². The highest BCUT2D eigenvalue weighted by Gasteiger charge is 2.14. The van der Waals surface area contributed by atoms with E-state index in [1.54, 1.807) is 0 Å². The lowest BCUT2D eigenvalue weighted by atomic mass is 9.98. The minimum absolute atomic E-state index is 0.409. The van der Waals surface area contributed by atoms with Gasteiger partial charge in [0.05, 0.1) is 6.20 Å². The van der Waals surface area contributed by atoms with E-state index in [0.717, 1.165) is 19.4 Å². The van der Waals surface area contributed by atoms with Crippen LogP contribution in [0.15, 0.2) is 30.6 Å². The van der Waals surface area contributed by atoms with Crippen LogP contribution in [-0.2, 0) is 13.5 Å². The molecule has 0 bridgehead atoms. The van der Waals surface area contributed by atoms with E-state index in [9.17, 15) is 0 Å². The molecular formula is C16H22IN3. The average molecular weight is 383 g/mol. The number of hydrogen-bond donors (Lipinski definition) is 1. The largest absolute Gasteiger partial charge is 0.310 e. The molecule has 4 heteroatoms. The van der Waals surface area contributed by atoms with Crippen LogP contribution >= 0.6 is 22.6 Å². The highest BCUT2D eigenvalue weighted by Crippen LogP contribution is 2.26. The zero-order valence-electron chi connectivity index (χ0n) is 12.4. The maximum atomic E-state index is 4.24. The quantitative estimate of drug-likeness (QED) is 0.773. The number of rotatable bonds is 6. The van der Waals surface area contributed by atoms with Crippen LogP contribution in [0.1, 0.15) is 36.1 Å². The SMILES string of the molecule is CCNC(CCc1cnn(C)c1)c1cccc(C)c1I. The van der Waals surface area contributed by atoms with Gasteiger partial charge in [0, 0.05) is 22.9 Å². The van der Waals surface area contributed by atoms with Crippen molar-refractivity contribution >= 4 is 22.6 Å². The molecule has 0 saturated heterocycles. The van der Waals surface area contributed by atoms with Gasteiger partial charge in [-0.15, -0.1) is 0 Å². The van der Waals surface area contributed by atoms with Crippen molar-refractivity contribution in [2.75, 3.05) is 6.54 Å². The summed E-state index contributed by atoms with van der Waals surface area (Å²) in [4.78, 5) is 0. The van der Waals surface area contributed by atoms with Gasteiger partial charge >= 0.3 is 0 Å². The summed E-state index contributed by atoms with van der Waals surface area (Å²) in [5.74, 6) is 0. The molecule has 3 nitrogen and oxygen atoms in total. The van der Waals surface area contributed by atoms with Gasteiger partial charge in [-0.25, -0.2) is 0 Å². The average Bonchev–Trinajstić information content (AvgIpc) is 2.84. The van der Waals surface area contributed by atoms with Crippen LogP contribution in [0.5, 0.6) is 0 Å². The van der Waals surface area contributed by atoms with Gasteiger partial charge in [-0.05, 0) is 65.6 Å². The Balaban J connectivity index is 2.12. The van der Waals surface area contributed by atoms with Crippen LogP contribution in [0.2, 0.25) is 0 Å². The molecule has 1 N–H and O–H groups in total. The van der Waals surface area contributed by atoms with E-state index in [-0.39, 0.29) is 0 Å². The number of halogens is 1. The van der Waals surface area contributed by atoms with E-state index < -0.39 is 0 Å². The lowest BCUT2D eigenvalue weighted by Gasteiger charge is -2.20. The molecule has 108 valence electrons. The molecule has 0 fully saturated rings. The number of aromatic nitrogens is 2. The zero-order chi connectivity index (χ0) is 14.5. The van der Waals surface area contributed by atoms with E-state index in [1.807, 2.05) is 17.9 Å². The van der Waals surface area contributed by atoms with Crippen LogP contribution in [0.25, 0.3) is 0 Å². The van der Waals surface area contributed by atoms with Crippen LogP contribution in [0.4, 0.5) is 0 Å². The van der Waals surface area contributed by atoms with E-state index >= 15 is 0 Å². The number of hydrogen-bond acceptors (Lipinski definition) is 2. The van der Waals surface area contributed by atoms with Gasteiger partial charge in [0.25, 0.3) is 0 Å². The second-order valence-electron chi connectivity index (χ2n) is 5.15. The first-order chi connectivity index (χ1) is 9.61. The summed E-state index contributed by atoms with van der Waals surface area (Å²) >= 11 is 2.46. The lowest BCUT2D eigenvalue weighted by molar-refractivity contribution is 0.513. The van der Waals surface area contributed by atoms with Crippen LogP contribution in [-0.4, -0.2) is 16.3 Å². The molecule has 20 heavy (non-hydrogen) atoms. The fourth-order valence-corrected chi connectivity index (χ4v) is 3.20. The second kappa shape index (κ2) is 7.22.